The molecule has 0 atom stereocenters. The van der Waals surface area contributed by atoms with E-state index in [1.807, 2.05) is 12.3 Å². The third kappa shape index (κ3) is 2.71. The highest BCUT2D eigenvalue weighted by Crippen LogP contribution is 2.13. The maximum absolute atomic E-state index is 12.0. The van der Waals surface area contributed by atoms with Crippen LogP contribution in [0.2, 0.25) is 0 Å². The lowest BCUT2D eigenvalue weighted by atomic mass is 10.2. The van der Waals surface area contributed by atoms with Gasteiger partial charge in [0.2, 0.25) is 0 Å². The lowest BCUT2D eigenvalue weighted by molar-refractivity contribution is 0.0468. The van der Waals surface area contributed by atoms with Gasteiger partial charge in [-0.15, -0.1) is 11.3 Å². The molecule has 7 heteroatoms. The van der Waals surface area contributed by atoms with Crippen molar-refractivity contribution < 1.29 is 14.6 Å². The van der Waals surface area contributed by atoms with Crippen LogP contribution in [0, 0.1) is 6.92 Å². The maximum atomic E-state index is 12.0. The molecule has 22 heavy (non-hydrogen) atoms. The number of rotatable bonds is 3. The number of nitrogens with zero attached hydrogens (tertiary/aromatic N) is 2. The molecule has 0 bridgehead atoms. The smallest absolute Gasteiger partial charge is 0.338 e. The highest BCUT2D eigenvalue weighted by molar-refractivity contribution is 7.15. The number of thiazole rings is 1. The number of hydrogen-bond acceptors (Lipinski definition) is 6. The zero-order valence-corrected chi connectivity index (χ0v) is 12.5. The molecule has 2 aromatic heterocycles. The molecule has 0 aliphatic rings. The minimum Gasteiger partial charge on any atom is -0.508 e. The van der Waals surface area contributed by atoms with Gasteiger partial charge in [-0.2, -0.15) is 0 Å². The first kappa shape index (κ1) is 14.3. The van der Waals surface area contributed by atoms with Crippen LogP contribution in [-0.2, 0) is 11.3 Å². The average molecular weight is 316 g/mol. The molecule has 112 valence electrons. The van der Waals surface area contributed by atoms with Gasteiger partial charge in [0, 0.05) is 17.1 Å². The van der Waals surface area contributed by atoms with E-state index in [2.05, 4.69) is 4.98 Å². The molecule has 0 amide bonds. The van der Waals surface area contributed by atoms with E-state index in [1.54, 1.807) is 0 Å². The van der Waals surface area contributed by atoms with Gasteiger partial charge in [-0.3, -0.25) is 9.20 Å². The van der Waals surface area contributed by atoms with E-state index in [0.717, 1.165) is 5.69 Å². The number of fused-ring (bicyclic) bond motifs is 1. The van der Waals surface area contributed by atoms with Gasteiger partial charge >= 0.3 is 5.97 Å². The molecular weight excluding hydrogens is 304 g/mol. The van der Waals surface area contributed by atoms with Gasteiger partial charge < -0.3 is 9.84 Å². The molecule has 1 aromatic carbocycles. The number of aryl methyl sites for hydroxylation is 1. The van der Waals surface area contributed by atoms with E-state index < -0.39 is 5.97 Å². The Kier molecular flexibility index (Phi) is 3.64. The first-order valence-electron chi connectivity index (χ1n) is 6.47. The number of hydrogen-bond donors (Lipinski definition) is 1. The molecule has 6 nitrogen and oxygen atoms in total. The summed E-state index contributed by atoms with van der Waals surface area (Å²) in [5, 5.41) is 11.0. The zero-order chi connectivity index (χ0) is 15.7. The summed E-state index contributed by atoms with van der Waals surface area (Å²) in [5.41, 5.74) is 1.35. The van der Waals surface area contributed by atoms with Crippen LogP contribution in [0.4, 0.5) is 0 Å². The predicted molar refractivity (Wildman–Crippen MR) is 81.3 cm³/mol. The topological polar surface area (TPSA) is 80.9 Å². The van der Waals surface area contributed by atoms with E-state index in [9.17, 15) is 14.7 Å². The summed E-state index contributed by atoms with van der Waals surface area (Å²) in [5.74, 6) is -0.464. The molecule has 0 saturated heterocycles. The fraction of sp³-hybridized carbons (Fsp3) is 0.133. The summed E-state index contributed by atoms with van der Waals surface area (Å²) in [6.45, 7) is 1.75. The van der Waals surface area contributed by atoms with Crippen molar-refractivity contribution in [2.75, 3.05) is 0 Å². The Morgan fingerprint density at radius 1 is 1.36 bits per heavy atom. The Balaban J connectivity index is 1.77. The molecule has 2 heterocycles. The predicted octanol–water partition coefficient (Wildman–Crippen LogP) is 2.13. The third-order valence-corrected chi connectivity index (χ3v) is 4.03. The molecule has 1 N–H and O–H groups in total. The molecular formula is C15H12N2O4S. The number of carbonyl (C=O) groups excluding carboxylic acids is 1. The summed E-state index contributed by atoms with van der Waals surface area (Å²) in [4.78, 5) is 28.7. The molecule has 3 rings (SSSR count). The molecule has 0 aliphatic carbocycles. The molecule has 0 radical (unpaired) electrons. The Morgan fingerprint density at radius 2 is 2.09 bits per heavy atom. The van der Waals surface area contributed by atoms with Gasteiger partial charge in [-0.1, -0.05) is 0 Å². The number of aromatic nitrogens is 2. The van der Waals surface area contributed by atoms with Gasteiger partial charge in [0.15, 0.2) is 4.96 Å². The van der Waals surface area contributed by atoms with Crippen molar-refractivity contribution in [3.63, 3.8) is 0 Å². The second-order valence-electron chi connectivity index (χ2n) is 4.70. The van der Waals surface area contributed by atoms with Gasteiger partial charge in [0.1, 0.15) is 12.4 Å². The lowest BCUT2D eigenvalue weighted by Crippen LogP contribution is -2.16. The second-order valence-corrected chi connectivity index (χ2v) is 5.54. The van der Waals surface area contributed by atoms with Gasteiger partial charge in [-0.25, -0.2) is 9.78 Å². The number of esters is 1. The van der Waals surface area contributed by atoms with E-state index in [0.29, 0.717) is 16.2 Å². The molecule has 0 unspecified atom stereocenters. The Hall–Kier alpha value is -2.67. The fourth-order valence-electron chi connectivity index (χ4n) is 2.00. The quantitative estimate of drug-likeness (QED) is 0.749. The highest BCUT2D eigenvalue weighted by Gasteiger charge is 2.10. The normalized spacial score (nSPS) is 10.8. The van der Waals surface area contributed by atoms with Crippen molar-refractivity contribution in [1.82, 2.24) is 9.38 Å². The van der Waals surface area contributed by atoms with Crippen LogP contribution >= 0.6 is 11.3 Å². The van der Waals surface area contributed by atoms with Crippen LogP contribution in [-0.4, -0.2) is 20.5 Å². The molecule has 0 aliphatic heterocycles. The number of ether oxygens (including phenoxy) is 1. The second kappa shape index (κ2) is 5.61. The largest absolute Gasteiger partial charge is 0.508 e. The first-order valence-corrected chi connectivity index (χ1v) is 7.35. The number of benzene rings is 1. The first-order chi connectivity index (χ1) is 10.5. The summed E-state index contributed by atoms with van der Waals surface area (Å²) in [6.07, 6.45) is 0. The molecule has 0 fully saturated rings. The fourth-order valence-corrected chi connectivity index (χ4v) is 2.89. The van der Waals surface area contributed by atoms with Crippen LogP contribution in [0.1, 0.15) is 21.7 Å². The van der Waals surface area contributed by atoms with Gasteiger partial charge in [-0.05, 0) is 31.2 Å². The molecule has 0 saturated carbocycles. The van der Waals surface area contributed by atoms with Crippen molar-refractivity contribution >= 4 is 22.3 Å². The van der Waals surface area contributed by atoms with E-state index in [4.69, 9.17) is 4.74 Å². The minimum absolute atomic E-state index is 0.0738. The number of aromatic hydroxyl groups is 1. The van der Waals surface area contributed by atoms with Crippen molar-refractivity contribution in [3.8, 4) is 5.75 Å². The summed E-state index contributed by atoms with van der Waals surface area (Å²) in [7, 11) is 0. The Bertz CT molecular complexity index is 896. The van der Waals surface area contributed by atoms with Crippen molar-refractivity contribution in [3.05, 3.63) is 63.0 Å². The number of carbonyl (C=O) groups is 1. The average Bonchev–Trinajstić information content (AvgIpc) is 2.87. The monoisotopic (exact) mass is 316 g/mol. The zero-order valence-electron chi connectivity index (χ0n) is 11.6. The van der Waals surface area contributed by atoms with E-state index in [1.165, 1.54) is 46.1 Å². The summed E-state index contributed by atoms with van der Waals surface area (Å²) < 4.78 is 6.65. The minimum atomic E-state index is -0.538. The van der Waals surface area contributed by atoms with Crippen molar-refractivity contribution in [2.45, 2.75) is 13.5 Å². The van der Waals surface area contributed by atoms with Gasteiger partial charge in [0.05, 0.1) is 11.3 Å². The van der Waals surface area contributed by atoms with Crippen molar-refractivity contribution in [2.24, 2.45) is 0 Å². The highest BCUT2D eigenvalue weighted by atomic mass is 32.1. The van der Waals surface area contributed by atoms with Crippen LogP contribution in [0.3, 0.4) is 0 Å². The van der Waals surface area contributed by atoms with Crippen LogP contribution in [0.5, 0.6) is 5.75 Å². The third-order valence-electron chi connectivity index (χ3n) is 3.08. The number of phenolic OH excluding ortho intramolecular Hbond substituents is 1. The van der Waals surface area contributed by atoms with E-state index in [-0.39, 0.29) is 17.9 Å². The van der Waals surface area contributed by atoms with Crippen LogP contribution in [0.25, 0.3) is 4.96 Å². The standard InChI is InChI=1S/C15H12N2O4S/c1-9-8-22-15-16-11(6-13(19)17(9)15)7-21-14(20)10-2-4-12(18)5-3-10/h2-6,8,18H,7H2,1H3. The Labute approximate surface area is 129 Å². The lowest BCUT2D eigenvalue weighted by Gasteiger charge is -2.05. The van der Waals surface area contributed by atoms with Crippen LogP contribution in [0.15, 0.2) is 40.5 Å². The SMILES string of the molecule is Cc1csc2nc(COC(=O)c3ccc(O)cc3)cc(=O)n12. The van der Waals surface area contributed by atoms with Gasteiger partial charge in [0.25, 0.3) is 5.56 Å². The number of phenols is 1. The van der Waals surface area contributed by atoms with E-state index >= 15 is 0 Å². The van der Waals surface area contributed by atoms with Crippen LogP contribution < -0.4 is 5.56 Å². The van der Waals surface area contributed by atoms with Crippen molar-refractivity contribution in [1.29, 1.82) is 0 Å². The molecule has 3 aromatic rings. The maximum Gasteiger partial charge on any atom is 0.338 e. The summed E-state index contributed by atoms with van der Waals surface area (Å²) >= 11 is 1.36. The Morgan fingerprint density at radius 3 is 2.82 bits per heavy atom. The molecule has 0 spiro atoms. The summed E-state index contributed by atoms with van der Waals surface area (Å²) in [6, 6.07) is 7.10.